The fourth-order valence-electron chi connectivity index (χ4n) is 0.914. The quantitative estimate of drug-likeness (QED) is 0.618. The zero-order valence-corrected chi connectivity index (χ0v) is 7.23. The minimum Gasteiger partial charge on any atom is -0.260 e. The van der Waals surface area contributed by atoms with Gasteiger partial charge in [0, 0.05) is 6.20 Å². The van der Waals surface area contributed by atoms with Crippen LogP contribution in [-0.4, -0.2) is 4.98 Å². The van der Waals surface area contributed by atoms with E-state index >= 15 is 0 Å². The third-order valence-electron chi connectivity index (χ3n) is 1.51. The van der Waals surface area contributed by atoms with Crippen LogP contribution in [0.5, 0.6) is 0 Å². The Labute approximate surface area is 71.7 Å². The summed E-state index contributed by atoms with van der Waals surface area (Å²) in [5.74, 6) is 0. The van der Waals surface area contributed by atoms with Crippen molar-refractivity contribution < 1.29 is 0 Å². The molecule has 0 spiro atoms. The minimum atomic E-state index is 0.757. The lowest BCUT2D eigenvalue weighted by molar-refractivity contribution is 1.14. The van der Waals surface area contributed by atoms with Crippen LogP contribution in [0.1, 0.15) is 11.3 Å². The Balaban J connectivity index is 3.05. The van der Waals surface area contributed by atoms with Gasteiger partial charge in [0.05, 0.1) is 10.7 Å². The zero-order chi connectivity index (χ0) is 8.27. The van der Waals surface area contributed by atoms with E-state index in [-0.39, 0.29) is 0 Å². The van der Waals surface area contributed by atoms with Crippen LogP contribution in [0.15, 0.2) is 24.9 Å². The molecule has 1 aromatic heterocycles. The van der Waals surface area contributed by atoms with Gasteiger partial charge in [0.2, 0.25) is 0 Å². The molecule has 0 atom stereocenters. The molecule has 1 rings (SSSR count). The number of halogens is 1. The summed E-state index contributed by atoms with van der Waals surface area (Å²) in [6, 6.07) is 1.91. The molecule has 0 amide bonds. The molecule has 58 valence electrons. The Morgan fingerprint density at radius 1 is 1.73 bits per heavy atom. The molecule has 11 heavy (non-hydrogen) atoms. The molecule has 0 fully saturated rings. The molecule has 0 aliphatic rings. The van der Waals surface area contributed by atoms with E-state index in [1.165, 1.54) is 0 Å². The van der Waals surface area contributed by atoms with E-state index < -0.39 is 0 Å². The molecule has 0 aliphatic heterocycles. The molecule has 0 radical (unpaired) electrons. The monoisotopic (exact) mass is 167 g/mol. The molecule has 0 aromatic carbocycles. The molecule has 1 aromatic rings. The lowest BCUT2D eigenvalue weighted by Gasteiger charge is -2.01. The van der Waals surface area contributed by atoms with Gasteiger partial charge in [0.15, 0.2) is 0 Å². The lowest BCUT2D eigenvalue weighted by atomic mass is 10.2. The molecule has 0 unspecified atom stereocenters. The van der Waals surface area contributed by atoms with Gasteiger partial charge in [-0.1, -0.05) is 17.7 Å². The summed E-state index contributed by atoms with van der Waals surface area (Å²) in [5.41, 5.74) is 1.97. The molecular weight excluding hydrogens is 158 g/mol. The topological polar surface area (TPSA) is 12.9 Å². The van der Waals surface area contributed by atoms with Crippen LogP contribution in [0.3, 0.4) is 0 Å². The van der Waals surface area contributed by atoms with E-state index in [0.717, 1.165) is 22.7 Å². The fraction of sp³-hybridized carbons (Fsp3) is 0.222. The highest BCUT2D eigenvalue weighted by Gasteiger charge is 2.00. The molecule has 0 aliphatic carbocycles. The van der Waals surface area contributed by atoms with Crippen molar-refractivity contribution in [3.8, 4) is 0 Å². The first-order valence-corrected chi connectivity index (χ1v) is 3.84. The standard InChI is InChI=1S/C9H10ClN/c1-3-4-8-5-6-11-7(2)9(8)10/h3,5-6H,1,4H2,2H3. The van der Waals surface area contributed by atoms with Gasteiger partial charge in [-0.15, -0.1) is 6.58 Å². The molecule has 2 heteroatoms. The summed E-state index contributed by atoms with van der Waals surface area (Å²) < 4.78 is 0. The molecule has 1 heterocycles. The van der Waals surface area contributed by atoms with Gasteiger partial charge in [0.25, 0.3) is 0 Å². The third-order valence-corrected chi connectivity index (χ3v) is 2.02. The fourth-order valence-corrected chi connectivity index (χ4v) is 1.10. The summed E-state index contributed by atoms with van der Waals surface area (Å²) in [6.07, 6.45) is 4.41. The second-order valence-corrected chi connectivity index (χ2v) is 2.74. The average Bonchev–Trinajstić information content (AvgIpc) is 1.99. The van der Waals surface area contributed by atoms with Gasteiger partial charge in [-0.25, -0.2) is 0 Å². The summed E-state index contributed by atoms with van der Waals surface area (Å²) in [6.45, 7) is 5.55. The normalized spacial score (nSPS) is 9.64. The van der Waals surface area contributed by atoms with E-state index in [1.54, 1.807) is 6.20 Å². The largest absolute Gasteiger partial charge is 0.260 e. The van der Waals surface area contributed by atoms with Crippen molar-refractivity contribution in [3.05, 3.63) is 41.2 Å². The Morgan fingerprint density at radius 2 is 2.45 bits per heavy atom. The van der Waals surface area contributed by atoms with Gasteiger partial charge >= 0.3 is 0 Å². The number of aromatic nitrogens is 1. The van der Waals surface area contributed by atoms with Crippen LogP contribution in [-0.2, 0) is 6.42 Å². The second kappa shape index (κ2) is 3.54. The van der Waals surface area contributed by atoms with Crippen molar-refractivity contribution in [3.63, 3.8) is 0 Å². The SMILES string of the molecule is C=CCc1ccnc(C)c1Cl. The van der Waals surface area contributed by atoms with Crippen LogP contribution < -0.4 is 0 Å². The zero-order valence-electron chi connectivity index (χ0n) is 6.47. The maximum absolute atomic E-state index is 5.96. The maximum atomic E-state index is 5.96. The van der Waals surface area contributed by atoms with Gasteiger partial charge in [-0.2, -0.15) is 0 Å². The van der Waals surface area contributed by atoms with Gasteiger partial charge in [-0.05, 0) is 25.0 Å². The van der Waals surface area contributed by atoms with Crippen molar-refractivity contribution in [1.29, 1.82) is 0 Å². The van der Waals surface area contributed by atoms with Crippen LogP contribution in [0.2, 0.25) is 5.02 Å². The number of nitrogens with zero attached hydrogens (tertiary/aromatic N) is 1. The first kappa shape index (κ1) is 8.28. The van der Waals surface area contributed by atoms with Gasteiger partial charge in [-0.3, -0.25) is 4.98 Å². The van der Waals surface area contributed by atoms with Gasteiger partial charge in [0.1, 0.15) is 0 Å². The Morgan fingerprint density at radius 3 is 3.09 bits per heavy atom. The van der Waals surface area contributed by atoms with Crippen LogP contribution in [0.25, 0.3) is 0 Å². The number of aryl methyl sites for hydroxylation is 1. The summed E-state index contributed by atoms with van der Waals surface area (Å²) in [4.78, 5) is 4.06. The predicted molar refractivity (Wildman–Crippen MR) is 47.9 cm³/mol. The average molecular weight is 168 g/mol. The van der Waals surface area contributed by atoms with E-state index in [0.29, 0.717) is 0 Å². The summed E-state index contributed by atoms with van der Waals surface area (Å²) in [5, 5.41) is 0.757. The minimum absolute atomic E-state index is 0.757. The van der Waals surface area contributed by atoms with Crippen molar-refractivity contribution in [2.75, 3.05) is 0 Å². The number of pyridine rings is 1. The highest BCUT2D eigenvalue weighted by molar-refractivity contribution is 6.31. The first-order chi connectivity index (χ1) is 5.25. The molecule has 0 N–H and O–H groups in total. The van der Waals surface area contributed by atoms with Crippen molar-refractivity contribution in [1.82, 2.24) is 4.98 Å². The van der Waals surface area contributed by atoms with E-state index in [1.807, 2.05) is 19.1 Å². The predicted octanol–water partition coefficient (Wildman–Crippen LogP) is 2.77. The van der Waals surface area contributed by atoms with Crippen molar-refractivity contribution >= 4 is 11.6 Å². The summed E-state index contributed by atoms with van der Waals surface area (Å²) in [7, 11) is 0. The molecule has 0 bridgehead atoms. The number of allylic oxidation sites excluding steroid dienone is 1. The Kier molecular flexibility index (Phi) is 2.66. The van der Waals surface area contributed by atoms with Crippen molar-refractivity contribution in [2.45, 2.75) is 13.3 Å². The van der Waals surface area contributed by atoms with E-state index in [2.05, 4.69) is 11.6 Å². The highest BCUT2D eigenvalue weighted by Crippen LogP contribution is 2.18. The maximum Gasteiger partial charge on any atom is 0.0653 e. The third kappa shape index (κ3) is 1.81. The number of hydrogen-bond acceptors (Lipinski definition) is 1. The summed E-state index contributed by atoms with van der Waals surface area (Å²) >= 11 is 5.96. The first-order valence-electron chi connectivity index (χ1n) is 3.46. The van der Waals surface area contributed by atoms with Crippen LogP contribution >= 0.6 is 11.6 Å². The lowest BCUT2D eigenvalue weighted by Crippen LogP contribution is -1.88. The highest BCUT2D eigenvalue weighted by atomic mass is 35.5. The molecular formula is C9H10ClN. The molecule has 1 nitrogen and oxygen atoms in total. The number of rotatable bonds is 2. The second-order valence-electron chi connectivity index (χ2n) is 2.36. The Hall–Kier alpha value is -0.820. The van der Waals surface area contributed by atoms with Gasteiger partial charge < -0.3 is 0 Å². The van der Waals surface area contributed by atoms with Crippen LogP contribution in [0.4, 0.5) is 0 Å². The molecule has 0 saturated heterocycles. The van der Waals surface area contributed by atoms with Crippen molar-refractivity contribution in [2.24, 2.45) is 0 Å². The van der Waals surface area contributed by atoms with Crippen LogP contribution in [0, 0.1) is 6.92 Å². The van der Waals surface area contributed by atoms with E-state index in [4.69, 9.17) is 11.6 Å². The smallest absolute Gasteiger partial charge is 0.0653 e. The Bertz CT molecular complexity index is 268. The van der Waals surface area contributed by atoms with E-state index in [9.17, 15) is 0 Å². The number of hydrogen-bond donors (Lipinski definition) is 0. The molecule has 0 saturated carbocycles.